The van der Waals surface area contributed by atoms with Gasteiger partial charge in [-0.2, -0.15) is 9.97 Å². The summed E-state index contributed by atoms with van der Waals surface area (Å²) in [4.78, 5) is 30.2. The fraction of sp³-hybridized carbons (Fsp3) is 0.394. The van der Waals surface area contributed by atoms with Gasteiger partial charge in [0.2, 0.25) is 11.6 Å². The van der Waals surface area contributed by atoms with Gasteiger partial charge in [0.1, 0.15) is 35.7 Å². The number of thiophene rings is 1. The summed E-state index contributed by atoms with van der Waals surface area (Å²) in [5.74, 6) is -2.71. The second-order valence-electron chi connectivity index (χ2n) is 12.4. The minimum Gasteiger partial charge on any atom is -0.461 e. The fourth-order valence-corrected chi connectivity index (χ4v) is 8.38. The number of hydrogen-bond acceptors (Lipinski definition) is 8. The van der Waals surface area contributed by atoms with E-state index in [0.29, 0.717) is 32.5 Å². The Morgan fingerprint density at radius 2 is 2.09 bits per heavy atom. The summed E-state index contributed by atoms with van der Waals surface area (Å²) in [5, 5.41) is 0.113. The Hall–Kier alpha value is -4.48. The summed E-state index contributed by atoms with van der Waals surface area (Å²) in [5.41, 5.74) is 4.60. The van der Waals surface area contributed by atoms with Crippen molar-refractivity contribution in [3.63, 3.8) is 0 Å². The minimum atomic E-state index is -1.05. The Morgan fingerprint density at radius 3 is 2.85 bits per heavy atom. The number of nitrogen functional groups attached to an aromatic ring is 1. The number of fused-ring (bicyclic) bond motifs is 3. The number of hydrogen-bond donors (Lipinski definition) is 1. The van der Waals surface area contributed by atoms with Gasteiger partial charge in [0, 0.05) is 49.9 Å². The number of rotatable bonds is 7. The molecule has 14 heteroatoms. The second-order valence-corrected chi connectivity index (χ2v) is 13.5. The molecule has 3 aliphatic heterocycles. The molecule has 3 atom stereocenters. The zero-order valence-electron chi connectivity index (χ0n) is 25.5. The van der Waals surface area contributed by atoms with Crippen molar-refractivity contribution in [3.05, 3.63) is 59.7 Å². The summed E-state index contributed by atoms with van der Waals surface area (Å²) in [6.45, 7) is 13.1. The predicted molar refractivity (Wildman–Crippen MR) is 173 cm³/mol. The lowest BCUT2D eigenvalue weighted by Gasteiger charge is -2.31. The SMILES string of the molecule is [C-]#[N+]c1c(N)sc2c(F)ccc(-c3c(F)cc4c(N(C)[C@H]5CCN(C(=O)C=C)C5)nc(OC[C@@]56CCCN5C[C@H](F)C6)nc4c3F)c12. The number of likely N-dealkylation sites (N-methyl/N-ethyl adjacent to an activating group) is 1. The van der Waals surface area contributed by atoms with Gasteiger partial charge in [0.05, 0.1) is 27.4 Å². The van der Waals surface area contributed by atoms with Crippen LogP contribution in [-0.2, 0) is 4.79 Å². The maximum Gasteiger partial charge on any atom is 0.319 e. The molecule has 9 nitrogen and oxygen atoms in total. The Labute approximate surface area is 272 Å². The lowest BCUT2D eigenvalue weighted by molar-refractivity contribution is -0.125. The van der Waals surface area contributed by atoms with Crippen molar-refractivity contribution >= 4 is 54.7 Å². The zero-order valence-corrected chi connectivity index (χ0v) is 26.3. The number of anilines is 2. The molecular formula is C33H31F4N7O2S. The third-order valence-corrected chi connectivity index (χ3v) is 10.8. The summed E-state index contributed by atoms with van der Waals surface area (Å²) < 4.78 is 68.4. The van der Waals surface area contributed by atoms with E-state index in [1.807, 2.05) is 0 Å². The van der Waals surface area contributed by atoms with Gasteiger partial charge in [-0.05, 0) is 49.6 Å². The third-order valence-electron chi connectivity index (χ3n) is 9.78. The molecule has 0 saturated carbocycles. The molecule has 1 amide bonds. The van der Waals surface area contributed by atoms with E-state index >= 15 is 8.78 Å². The van der Waals surface area contributed by atoms with Crippen molar-refractivity contribution < 1.29 is 27.1 Å². The van der Waals surface area contributed by atoms with Gasteiger partial charge < -0.3 is 20.3 Å². The highest BCUT2D eigenvalue weighted by Gasteiger charge is 2.49. The van der Waals surface area contributed by atoms with Gasteiger partial charge >= 0.3 is 6.01 Å². The van der Waals surface area contributed by atoms with Crippen molar-refractivity contribution in [2.75, 3.05) is 50.5 Å². The smallest absolute Gasteiger partial charge is 0.319 e. The topological polar surface area (TPSA) is 92.2 Å². The first kappa shape index (κ1) is 31.1. The lowest BCUT2D eigenvalue weighted by Crippen LogP contribution is -2.43. The van der Waals surface area contributed by atoms with Crippen LogP contribution in [-0.4, -0.2) is 83.3 Å². The fourth-order valence-electron chi connectivity index (χ4n) is 7.44. The highest BCUT2D eigenvalue weighted by Crippen LogP contribution is 2.48. The number of amides is 1. The van der Waals surface area contributed by atoms with Crippen LogP contribution in [0, 0.1) is 24.0 Å². The van der Waals surface area contributed by atoms with E-state index in [0.717, 1.165) is 42.9 Å². The Bertz CT molecular complexity index is 2000. The van der Waals surface area contributed by atoms with Crippen molar-refractivity contribution in [2.45, 2.75) is 43.4 Å². The number of alkyl halides is 1. The molecule has 3 aliphatic rings. The normalized spacial score (nSPS) is 22.6. The summed E-state index contributed by atoms with van der Waals surface area (Å²) in [6.07, 6.45) is 2.77. The Morgan fingerprint density at radius 1 is 1.28 bits per heavy atom. The third kappa shape index (κ3) is 5.03. The number of nitrogens with zero attached hydrogens (tertiary/aromatic N) is 6. The molecule has 2 aromatic heterocycles. The molecule has 2 aromatic carbocycles. The molecular weight excluding hydrogens is 634 g/mol. The van der Waals surface area contributed by atoms with E-state index in [1.165, 1.54) is 12.1 Å². The number of carbonyl (C=O) groups excluding carboxylic acids is 1. The molecule has 47 heavy (non-hydrogen) atoms. The number of nitrogens with two attached hydrogens (primary N) is 1. The molecule has 0 unspecified atom stereocenters. The van der Waals surface area contributed by atoms with Crippen molar-refractivity contribution in [2.24, 2.45) is 0 Å². The highest BCUT2D eigenvalue weighted by atomic mass is 32.1. The van der Waals surface area contributed by atoms with Gasteiger partial charge in [-0.1, -0.05) is 12.6 Å². The molecule has 0 radical (unpaired) electrons. The number of likely N-dealkylation sites (tertiary alicyclic amines) is 1. The molecule has 7 rings (SSSR count). The molecule has 0 spiro atoms. The molecule has 5 heterocycles. The summed E-state index contributed by atoms with van der Waals surface area (Å²) in [7, 11) is 1.73. The first-order valence-electron chi connectivity index (χ1n) is 15.3. The van der Waals surface area contributed by atoms with E-state index in [4.69, 9.17) is 17.0 Å². The van der Waals surface area contributed by atoms with Crippen LogP contribution in [0.4, 0.5) is 34.1 Å². The molecule has 4 aromatic rings. The standard InChI is InChI=1S/C33H31F4N7O2S/c1-4-23(45)43-11-8-18(15-43)42(3)31-20-12-22(36)24(19-6-7-21(35)29-25(19)28(39-2)30(38)47-29)26(37)27(20)40-32(41-31)46-16-33-9-5-10-44(33)14-17(34)13-33/h4,6-7,12,17-18H,1,5,8-11,13-16,38H2,3H3/t17-,18+,33+/m1/s1. The number of benzene rings is 2. The van der Waals surface area contributed by atoms with E-state index in [1.54, 1.807) is 16.8 Å². The van der Waals surface area contributed by atoms with Crippen LogP contribution in [0.5, 0.6) is 6.01 Å². The van der Waals surface area contributed by atoms with E-state index in [9.17, 15) is 13.6 Å². The van der Waals surface area contributed by atoms with Crippen LogP contribution >= 0.6 is 11.3 Å². The number of ether oxygens (including phenoxy) is 1. The van der Waals surface area contributed by atoms with Crippen LogP contribution in [0.3, 0.4) is 0 Å². The van der Waals surface area contributed by atoms with Crippen molar-refractivity contribution in [3.8, 4) is 17.1 Å². The van der Waals surface area contributed by atoms with E-state index in [-0.39, 0.29) is 67.6 Å². The minimum absolute atomic E-state index is 0.0139. The monoisotopic (exact) mass is 665 g/mol. The predicted octanol–water partition coefficient (Wildman–Crippen LogP) is 6.24. The maximum atomic E-state index is 16.8. The molecule has 244 valence electrons. The van der Waals surface area contributed by atoms with Gasteiger partial charge in [0.15, 0.2) is 5.82 Å². The average Bonchev–Trinajstić information content (AvgIpc) is 3.82. The molecule has 3 fully saturated rings. The van der Waals surface area contributed by atoms with Gasteiger partial charge in [-0.15, -0.1) is 11.3 Å². The average molecular weight is 666 g/mol. The van der Waals surface area contributed by atoms with Crippen LogP contribution < -0.4 is 15.4 Å². The Kier molecular flexibility index (Phi) is 7.71. The number of aromatic nitrogens is 2. The molecule has 3 saturated heterocycles. The van der Waals surface area contributed by atoms with Crippen LogP contribution in [0.15, 0.2) is 30.9 Å². The maximum absolute atomic E-state index is 16.8. The van der Waals surface area contributed by atoms with E-state index < -0.39 is 34.7 Å². The summed E-state index contributed by atoms with van der Waals surface area (Å²) in [6, 6.07) is 3.02. The van der Waals surface area contributed by atoms with Crippen LogP contribution in [0.1, 0.15) is 25.7 Å². The van der Waals surface area contributed by atoms with Crippen LogP contribution in [0.25, 0.3) is 37.0 Å². The first-order valence-corrected chi connectivity index (χ1v) is 16.1. The summed E-state index contributed by atoms with van der Waals surface area (Å²) >= 11 is 0.834. The lowest BCUT2D eigenvalue weighted by atomic mass is 9.95. The van der Waals surface area contributed by atoms with Crippen LogP contribution in [0.2, 0.25) is 0 Å². The first-order chi connectivity index (χ1) is 22.5. The molecule has 2 N–H and O–H groups in total. The quantitative estimate of drug-likeness (QED) is 0.142. The van der Waals surface area contributed by atoms with E-state index in [2.05, 4.69) is 26.3 Å². The number of halogens is 4. The van der Waals surface area contributed by atoms with Crippen molar-refractivity contribution in [1.29, 1.82) is 0 Å². The molecule has 0 bridgehead atoms. The molecule has 0 aliphatic carbocycles. The largest absolute Gasteiger partial charge is 0.461 e. The van der Waals surface area contributed by atoms with Gasteiger partial charge in [-0.3, -0.25) is 9.69 Å². The highest BCUT2D eigenvalue weighted by molar-refractivity contribution is 7.23. The second kappa shape index (κ2) is 11.6. The number of carbonyl (C=O) groups is 1. The van der Waals surface area contributed by atoms with Gasteiger partial charge in [0.25, 0.3) is 0 Å². The zero-order chi connectivity index (χ0) is 33.2. The Balaban J connectivity index is 1.37. The van der Waals surface area contributed by atoms with Gasteiger partial charge in [-0.25, -0.2) is 22.4 Å². The van der Waals surface area contributed by atoms with Crippen molar-refractivity contribution in [1.82, 2.24) is 19.8 Å².